The van der Waals surface area contributed by atoms with Gasteiger partial charge in [-0.15, -0.1) is 0 Å². The van der Waals surface area contributed by atoms with E-state index in [4.69, 9.17) is 22.1 Å². The molecule has 0 atom stereocenters. The summed E-state index contributed by atoms with van der Waals surface area (Å²) in [5.74, 6) is 0.243. The van der Waals surface area contributed by atoms with E-state index in [1.807, 2.05) is 0 Å². The lowest BCUT2D eigenvalue weighted by Gasteiger charge is -2.07. The van der Waals surface area contributed by atoms with Crippen LogP contribution in [0.1, 0.15) is 5.82 Å². The first-order valence-electron chi connectivity index (χ1n) is 4.79. The van der Waals surface area contributed by atoms with E-state index < -0.39 is 5.82 Å². The molecule has 0 saturated carbocycles. The van der Waals surface area contributed by atoms with E-state index in [9.17, 15) is 4.39 Å². The second kappa shape index (κ2) is 4.55. The van der Waals surface area contributed by atoms with Crippen molar-refractivity contribution in [3.8, 4) is 11.6 Å². The molecule has 0 bridgehead atoms. The molecule has 1 aromatic heterocycles. The fourth-order valence-corrected chi connectivity index (χ4v) is 1.46. The summed E-state index contributed by atoms with van der Waals surface area (Å²) >= 11 is 5.63. The Labute approximate surface area is 102 Å². The third-order valence-corrected chi connectivity index (χ3v) is 2.26. The van der Waals surface area contributed by atoms with E-state index in [0.717, 1.165) is 0 Å². The highest BCUT2D eigenvalue weighted by Crippen LogP contribution is 2.28. The molecule has 2 aromatic rings. The second-order valence-corrected chi connectivity index (χ2v) is 3.74. The second-order valence-electron chi connectivity index (χ2n) is 3.33. The number of anilines is 1. The van der Waals surface area contributed by atoms with Crippen molar-refractivity contribution in [2.75, 3.05) is 5.73 Å². The van der Waals surface area contributed by atoms with Crippen LogP contribution in [-0.2, 0) is 0 Å². The summed E-state index contributed by atoms with van der Waals surface area (Å²) in [5, 5.41) is -0.0127. The summed E-state index contributed by atoms with van der Waals surface area (Å²) in [7, 11) is 0. The van der Waals surface area contributed by atoms with Crippen LogP contribution in [0.4, 0.5) is 10.2 Å². The summed E-state index contributed by atoms with van der Waals surface area (Å²) < 4.78 is 18.8. The molecule has 2 N–H and O–H groups in total. The molecule has 88 valence electrons. The van der Waals surface area contributed by atoms with E-state index in [2.05, 4.69) is 9.97 Å². The van der Waals surface area contributed by atoms with Gasteiger partial charge in [0.25, 0.3) is 0 Å². The summed E-state index contributed by atoms with van der Waals surface area (Å²) in [6.45, 7) is 1.66. The first-order valence-corrected chi connectivity index (χ1v) is 5.17. The Kier molecular flexibility index (Phi) is 3.10. The van der Waals surface area contributed by atoms with E-state index in [1.54, 1.807) is 13.0 Å². The first kappa shape index (κ1) is 11.6. The van der Waals surface area contributed by atoms with Crippen LogP contribution in [0.25, 0.3) is 0 Å². The molecule has 0 amide bonds. The molecular weight excluding hydrogens is 245 g/mol. The Morgan fingerprint density at radius 3 is 2.82 bits per heavy atom. The number of hydrogen-bond donors (Lipinski definition) is 1. The smallest absolute Gasteiger partial charge is 0.224 e. The number of benzene rings is 1. The van der Waals surface area contributed by atoms with Crippen LogP contribution in [0, 0.1) is 12.7 Å². The summed E-state index contributed by atoms with van der Waals surface area (Å²) in [6, 6.07) is 5.88. The SMILES string of the molecule is Cc1nc(N)cc(Oc2cccc(Cl)c2F)n1. The highest BCUT2D eigenvalue weighted by Gasteiger charge is 2.09. The fourth-order valence-electron chi connectivity index (χ4n) is 1.29. The van der Waals surface area contributed by atoms with Crippen molar-refractivity contribution in [2.45, 2.75) is 6.92 Å². The normalized spacial score (nSPS) is 10.3. The van der Waals surface area contributed by atoms with Crippen LogP contribution in [0.2, 0.25) is 5.02 Å². The zero-order valence-electron chi connectivity index (χ0n) is 8.95. The number of hydrogen-bond acceptors (Lipinski definition) is 4. The van der Waals surface area contributed by atoms with Crippen LogP contribution >= 0.6 is 11.6 Å². The molecule has 0 radical (unpaired) electrons. The lowest BCUT2D eigenvalue weighted by atomic mass is 10.3. The summed E-state index contributed by atoms with van der Waals surface area (Å²) in [5.41, 5.74) is 5.53. The van der Waals surface area contributed by atoms with Crippen LogP contribution < -0.4 is 10.5 Å². The third kappa shape index (κ3) is 2.62. The van der Waals surface area contributed by atoms with Gasteiger partial charge in [-0.3, -0.25) is 0 Å². The van der Waals surface area contributed by atoms with Crippen molar-refractivity contribution in [1.29, 1.82) is 0 Å². The topological polar surface area (TPSA) is 61.0 Å². The Balaban J connectivity index is 2.34. The lowest BCUT2D eigenvalue weighted by molar-refractivity contribution is 0.426. The number of ether oxygens (including phenoxy) is 1. The van der Waals surface area contributed by atoms with Crippen molar-refractivity contribution < 1.29 is 9.13 Å². The summed E-state index contributed by atoms with van der Waals surface area (Å²) in [4.78, 5) is 7.86. The quantitative estimate of drug-likeness (QED) is 0.894. The molecule has 0 aliphatic rings. The monoisotopic (exact) mass is 253 g/mol. The standard InChI is InChI=1S/C11H9ClFN3O/c1-6-15-9(14)5-10(16-6)17-8-4-2-3-7(12)11(8)13/h2-5H,1H3,(H2,14,15,16). The molecule has 1 heterocycles. The van der Waals surface area contributed by atoms with Crippen molar-refractivity contribution >= 4 is 17.4 Å². The molecule has 0 unspecified atom stereocenters. The van der Waals surface area contributed by atoms with E-state index in [0.29, 0.717) is 5.82 Å². The van der Waals surface area contributed by atoms with Gasteiger partial charge in [-0.25, -0.2) is 9.37 Å². The zero-order chi connectivity index (χ0) is 12.4. The van der Waals surface area contributed by atoms with Gasteiger partial charge in [0.1, 0.15) is 11.6 Å². The predicted molar refractivity (Wildman–Crippen MR) is 62.7 cm³/mol. The van der Waals surface area contributed by atoms with Crippen LogP contribution in [-0.4, -0.2) is 9.97 Å². The van der Waals surface area contributed by atoms with E-state index in [-0.39, 0.29) is 22.5 Å². The Bertz CT molecular complexity index is 542. The van der Waals surface area contributed by atoms with Crippen LogP contribution in [0.5, 0.6) is 11.6 Å². The number of aryl methyl sites for hydroxylation is 1. The molecule has 0 aliphatic carbocycles. The van der Waals surface area contributed by atoms with Crippen LogP contribution in [0.15, 0.2) is 24.3 Å². The predicted octanol–water partition coefficient (Wildman–Crippen LogP) is 2.95. The van der Waals surface area contributed by atoms with Gasteiger partial charge >= 0.3 is 0 Å². The van der Waals surface area contributed by atoms with Gasteiger partial charge in [0.15, 0.2) is 11.6 Å². The van der Waals surface area contributed by atoms with Crippen molar-refractivity contribution in [3.63, 3.8) is 0 Å². The van der Waals surface area contributed by atoms with Gasteiger partial charge < -0.3 is 10.5 Å². The third-order valence-electron chi connectivity index (χ3n) is 1.96. The molecule has 0 fully saturated rings. The highest BCUT2D eigenvalue weighted by molar-refractivity contribution is 6.30. The fraction of sp³-hybridized carbons (Fsp3) is 0.0909. The Morgan fingerprint density at radius 2 is 2.12 bits per heavy atom. The average molecular weight is 254 g/mol. The minimum Gasteiger partial charge on any atom is -0.436 e. The molecule has 4 nitrogen and oxygen atoms in total. The number of nitrogens with two attached hydrogens (primary N) is 1. The minimum atomic E-state index is -0.635. The Hall–Kier alpha value is -1.88. The van der Waals surface area contributed by atoms with Crippen molar-refractivity contribution in [2.24, 2.45) is 0 Å². The van der Waals surface area contributed by atoms with Gasteiger partial charge in [-0.1, -0.05) is 17.7 Å². The van der Waals surface area contributed by atoms with Crippen molar-refractivity contribution in [3.05, 3.63) is 40.9 Å². The van der Waals surface area contributed by atoms with Crippen molar-refractivity contribution in [1.82, 2.24) is 9.97 Å². The van der Waals surface area contributed by atoms with Gasteiger partial charge in [0.2, 0.25) is 5.88 Å². The molecule has 0 aliphatic heterocycles. The molecule has 6 heteroatoms. The van der Waals surface area contributed by atoms with Crippen LogP contribution in [0.3, 0.4) is 0 Å². The number of rotatable bonds is 2. The maximum atomic E-state index is 13.6. The largest absolute Gasteiger partial charge is 0.436 e. The number of nitrogens with zero attached hydrogens (tertiary/aromatic N) is 2. The van der Waals surface area contributed by atoms with E-state index in [1.165, 1.54) is 18.2 Å². The zero-order valence-corrected chi connectivity index (χ0v) is 9.70. The molecule has 0 spiro atoms. The highest BCUT2D eigenvalue weighted by atomic mass is 35.5. The molecule has 2 rings (SSSR count). The number of aromatic nitrogens is 2. The molecular formula is C11H9ClFN3O. The minimum absolute atomic E-state index is 0.00463. The lowest BCUT2D eigenvalue weighted by Crippen LogP contribution is -1.98. The van der Waals surface area contributed by atoms with E-state index >= 15 is 0 Å². The van der Waals surface area contributed by atoms with Gasteiger partial charge in [0.05, 0.1) is 5.02 Å². The molecule has 0 saturated heterocycles. The maximum Gasteiger partial charge on any atom is 0.224 e. The molecule has 17 heavy (non-hydrogen) atoms. The van der Waals surface area contributed by atoms with Gasteiger partial charge in [0, 0.05) is 6.07 Å². The average Bonchev–Trinajstić information content (AvgIpc) is 2.23. The number of halogens is 2. The maximum absolute atomic E-state index is 13.6. The summed E-state index contributed by atoms with van der Waals surface area (Å²) in [6.07, 6.45) is 0. The first-order chi connectivity index (χ1) is 8.06. The van der Waals surface area contributed by atoms with Gasteiger partial charge in [-0.05, 0) is 19.1 Å². The Morgan fingerprint density at radius 1 is 1.35 bits per heavy atom. The van der Waals surface area contributed by atoms with Gasteiger partial charge in [-0.2, -0.15) is 4.98 Å². The molecule has 1 aromatic carbocycles. The number of nitrogen functional groups attached to an aromatic ring is 1.